The van der Waals surface area contributed by atoms with Crippen LogP contribution in [0.15, 0.2) is 0 Å². The van der Waals surface area contributed by atoms with E-state index in [1.54, 1.807) is 18.3 Å². The first-order chi connectivity index (χ1) is 8.49. The molecular weight excluding hydrogens is 303 g/mol. The number of aryl methyl sites for hydroxylation is 2. The third-order valence-electron chi connectivity index (χ3n) is 3.75. The predicted molar refractivity (Wildman–Crippen MR) is 79.9 cm³/mol. The monoisotopic (exact) mass is 320 g/mol. The maximum Gasteiger partial charge on any atom is 0.229 e. The smallest absolute Gasteiger partial charge is 0.229 e. The van der Waals surface area contributed by atoms with Crippen molar-refractivity contribution < 1.29 is 4.79 Å². The fourth-order valence-corrected chi connectivity index (χ4v) is 3.54. The Morgan fingerprint density at radius 2 is 1.95 bits per heavy atom. The highest BCUT2D eigenvalue weighted by molar-refractivity contribution is 7.11. The second-order valence-corrected chi connectivity index (χ2v) is 8.64. The Hall–Kier alpha value is -0.320. The van der Waals surface area contributed by atoms with E-state index in [0.717, 1.165) is 10.7 Å². The minimum Gasteiger partial charge on any atom is -0.344 e. The minimum atomic E-state index is -0.943. The molecule has 1 aromatic heterocycles. The summed E-state index contributed by atoms with van der Waals surface area (Å²) in [5.74, 6) is -0.118. The summed E-state index contributed by atoms with van der Waals surface area (Å²) in [6.07, 6.45) is 0.487. The third-order valence-corrected chi connectivity index (χ3v) is 6.25. The van der Waals surface area contributed by atoms with Crippen LogP contribution in [0, 0.1) is 19.3 Å². The molecule has 0 aliphatic heterocycles. The Kier molecular flexibility index (Phi) is 3.44. The molecule has 0 unspecified atom stereocenters. The van der Waals surface area contributed by atoms with Gasteiger partial charge in [0.05, 0.1) is 16.6 Å². The molecule has 1 amide bonds. The molecule has 3 nitrogen and oxygen atoms in total. The summed E-state index contributed by atoms with van der Waals surface area (Å²) < 4.78 is -0.943. The van der Waals surface area contributed by atoms with E-state index in [1.807, 2.05) is 27.7 Å². The molecule has 6 heteroatoms. The first-order valence-electron chi connectivity index (χ1n) is 6.14. The lowest BCUT2D eigenvalue weighted by atomic mass is 10.0. The highest BCUT2D eigenvalue weighted by atomic mass is 35.5. The second-order valence-electron chi connectivity index (χ2n) is 5.95. The number of rotatable bonds is 3. The molecule has 1 atom stereocenters. The second kappa shape index (κ2) is 4.34. The van der Waals surface area contributed by atoms with Crippen LogP contribution < -0.4 is 5.32 Å². The van der Waals surface area contributed by atoms with Gasteiger partial charge in [0, 0.05) is 4.88 Å². The van der Waals surface area contributed by atoms with Gasteiger partial charge in [-0.1, -0.05) is 0 Å². The Morgan fingerprint density at radius 1 is 1.42 bits per heavy atom. The quantitative estimate of drug-likeness (QED) is 0.863. The van der Waals surface area contributed by atoms with E-state index >= 15 is 0 Å². The van der Waals surface area contributed by atoms with E-state index in [0.29, 0.717) is 6.42 Å². The zero-order valence-corrected chi connectivity index (χ0v) is 14.1. The van der Waals surface area contributed by atoms with Crippen molar-refractivity contribution in [1.82, 2.24) is 10.3 Å². The number of nitrogens with one attached hydrogen (secondary N) is 1. The van der Waals surface area contributed by atoms with Crippen LogP contribution in [0.3, 0.4) is 0 Å². The van der Waals surface area contributed by atoms with Crippen LogP contribution in [-0.2, 0) is 10.3 Å². The number of hydrogen-bond acceptors (Lipinski definition) is 3. The lowest BCUT2D eigenvalue weighted by molar-refractivity contribution is -0.127. The number of amides is 1. The molecule has 1 aromatic rings. The third kappa shape index (κ3) is 2.50. The molecule has 1 aliphatic rings. The van der Waals surface area contributed by atoms with Crippen molar-refractivity contribution in [3.8, 4) is 0 Å². The number of carbonyl (C=O) groups is 1. The summed E-state index contributed by atoms with van der Waals surface area (Å²) in [6, 6.07) is 0. The van der Waals surface area contributed by atoms with Gasteiger partial charge >= 0.3 is 0 Å². The van der Waals surface area contributed by atoms with Crippen molar-refractivity contribution in [3.05, 3.63) is 15.6 Å². The van der Waals surface area contributed by atoms with Gasteiger partial charge in [0.25, 0.3) is 0 Å². The summed E-state index contributed by atoms with van der Waals surface area (Å²) in [5, 5.41) is 3.91. The SMILES string of the molecule is Cc1nc(C(C)(C)NC(=O)[C@]2(C)CC2(Cl)Cl)sc1C. The average Bonchev–Trinajstić information content (AvgIpc) is 2.59. The lowest BCUT2D eigenvalue weighted by Gasteiger charge is -2.26. The molecule has 2 rings (SSSR count). The number of hydrogen-bond donors (Lipinski definition) is 1. The van der Waals surface area contributed by atoms with Crippen LogP contribution in [0.25, 0.3) is 0 Å². The molecule has 0 bridgehead atoms. The summed E-state index contributed by atoms with van der Waals surface area (Å²) in [7, 11) is 0. The van der Waals surface area contributed by atoms with E-state index in [4.69, 9.17) is 23.2 Å². The number of alkyl halides is 2. The van der Waals surface area contributed by atoms with Gasteiger partial charge in [-0.15, -0.1) is 34.5 Å². The van der Waals surface area contributed by atoms with E-state index in [9.17, 15) is 4.79 Å². The fourth-order valence-electron chi connectivity index (χ4n) is 1.86. The summed E-state index contributed by atoms with van der Waals surface area (Å²) in [4.78, 5) is 18.0. The maximum absolute atomic E-state index is 12.3. The van der Waals surface area contributed by atoms with E-state index in [2.05, 4.69) is 10.3 Å². The van der Waals surface area contributed by atoms with Gasteiger partial charge in [-0.3, -0.25) is 4.79 Å². The molecular formula is C13H18Cl2N2OS. The van der Waals surface area contributed by atoms with Crippen LogP contribution >= 0.6 is 34.5 Å². The summed E-state index contributed by atoms with van der Waals surface area (Å²) in [5.41, 5.74) is -0.214. The van der Waals surface area contributed by atoms with Crippen molar-refractivity contribution in [1.29, 1.82) is 0 Å². The van der Waals surface area contributed by atoms with E-state index < -0.39 is 15.3 Å². The lowest BCUT2D eigenvalue weighted by Crippen LogP contribution is -2.45. The Balaban J connectivity index is 2.16. The first kappa shape index (κ1) is 15.1. The molecule has 1 saturated carbocycles. The molecule has 0 radical (unpaired) electrons. The zero-order chi connectivity index (χ0) is 14.6. The Morgan fingerprint density at radius 3 is 2.32 bits per heavy atom. The summed E-state index contributed by atoms with van der Waals surface area (Å²) in [6.45, 7) is 9.67. The van der Waals surface area contributed by atoms with Crippen molar-refractivity contribution in [2.75, 3.05) is 0 Å². The molecule has 106 valence electrons. The van der Waals surface area contributed by atoms with Crippen molar-refractivity contribution >= 4 is 40.4 Å². The van der Waals surface area contributed by atoms with Crippen LogP contribution in [0.1, 0.15) is 42.8 Å². The molecule has 0 spiro atoms. The van der Waals surface area contributed by atoms with E-state index in [-0.39, 0.29) is 5.91 Å². The van der Waals surface area contributed by atoms with Crippen molar-refractivity contribution in [3.63, 3.8) is 0 Å². The average molecular weight is 321 g/mol. The van der Waals surface area contributed by atoms with Crippen molar-refractivity contribution in [2.45, 2.75) is 50.9 Å². The maximum atomic E-state index is 12.3. The van der Waals surface area contributed by atoms with Gasteiger partial charge in [-0.25, -0.2) is 4.98 Å². The largest absolute Gasteiger partial charge is 0.344 e. The Labute approximate surface area is 127 Å². The highest BCUT2D eigenvalue weighted by Gasteiger charge is 2.68. The van der Waals surface area contributed by atoms with Crippen LogP contribution in [0.4, 0.5) is 0 Å². The van der Waals surface area contributed by atoms with Crippen LogP contribution in [-0.4, -0.2) is 15.2 Å². The van der Waals surface area contributed by atoms with Gasteiger partial charge in [0.2, 0.25) is 5.91 Å². The van der Waals surface area contributed by atoms with Gasteiger partial charge in [0.1, 0.15) is 9.34 Å². The van der Waals surface area contributed by atoms with Crippen LogP contribution in [0.2, 0.25) is 0 Å². The number of carbonyl (C=O) groups excluding carboxylic acids is 1. The first-order valence-corrected chi connectivity index (χ1v) is 7.72. The van der Waals surface area contributed by atoms with Crippen molar-refractivity contribution in [2.24, 2.45) is 5.41 Å². The standard InChI is InChI=1S/C13H18Cl2N2OS/c1-7-8(2)19-10(16-7)11(3,4)17-9(18)12(5)6-13(12,14)15/h6H2,1-5H3,(H,17,18)/t12-/m0/s1. The number of aromatic nitrogens is 1. The Bertz CT molecular complexity index is 519. The molecule has 1 heterocycles. The topological polar surface area (TPSA) is 42.0 Å². The minimum absolute atomic E-state index is 0.118. The number of halogens is 2. The number of thiazole rings is 1. The van der Waals surface area contributed by atoms with Gasteiger partial charge in [-0.05, 0) is 41.0 Å². The van der Waals surface area contributed by atoms with Crippen LogP contribution in [0.5, 0.6) is 0 Å². The zero-order valence-electron chi connectivity index (χ0n) is 11.7. The van der Waals surface area contributed by atoms with Gasteiger partial charge in [0.15, 0.2) is 0 Å². The molecule has 1 N–H and O–H groups in total. The predicted octanol–water partition coefficient (Wildman–Crippen LogP) is 3.70. The molecule has 1 fully saturated rings. The summed E-state index contributed by atoms with van der Waals surface area (Å²) >= 11 is 13.7. The van der Waals surface area contributed by atoms with E-state index in [1.165, 1.54) is 4.88 Å². The van der Waals surface area contributed by atoms with Gasteiger partial charge < -0.3 is 5.32 Å². The highest BCUT2D eigenvalue weighted by Crippen LogP contribution is 2.64. The number of nitrogens with zero attached hydrogens (tertiary/aromatic N) is 1. The molecule has 19 heavy (non-hydrogen) atoms. The fraction of sp³-hybridized carbons (Fsp3) is 0.692. The molecule has 1 aliphatic carbocycles. The molecule has 0 saturated heterocycles. The van der Waals surface area contributed by atoms with Gasteiger partial charge in [-0.2, -0.15) is 0 Å². The molecule has 0 aromatic carbocycles. The normalized spacial score (nSPS) is 25.2.